The molecule has 4 heteroatoms. The molecule has 0 atom stereocenters. The Kier molecular flexibility index (Phi) is 3.06. The van der Waals surface area contributed by atoms with Crippen molar-refractivity contribution in [3.63, 3.8) is 0 Å². The standard InChI is InChI=1S/C15H15N3O/c1-11-12-4-2-3-5-14(12)17-15(13(11)10-16)18-6-8-19-9-7-18/h2-5H,6-9H2,1H3. The summed E-state index contributed by atoms with van der Waals surface area (Å²) in [6, 6.07) is 10.3. The van der Waals surface area contributed by atoms with Crippen molar-refractivity contribution in [3.05, 3.63) is 35.4 Å². The van der Waals surface area contributed by atoms with Crippen molar-refractivity contribution in [2.24, 2.45) is 0 Å². The van der Waals surface area contributed by atoms with E-state index in [-0.39, 0.29) is 0 Å². The van der Waals surface area contributed by atoms with Gasteiger partial charge in [0.2, 0.25) is 0 Å². The molecule has 0 bridgehead atoms. The number of anilines is 1. The minimum absolute atomic E-state index is 0.681. The first-order valence-electron chi connectivity index (χ1n) is 6.43. The molecular weight excluding hydrogens is 238 g/mol. The number of hydrogen-bond acceptors (Lipinski definition) is 4. The number of pyridine rings is 1. The Balaban J connectivity index is 2.20. The number of hydrogen-bond donors (Lipinski definition) is 0. The van der Waals surface area contributed by atoms with Crippen molar-refractivity contribution in [3.8, 4) is 6.07 Å². The van der Waals surface area contributed by atoms with Crippen LogP contribution in [-0.2, 0) is 4.74 Å². The van der Waals surface area contributed by atoms with E-state index in [2.05, 4.69) is 16.0 Å². The molecule has 4 nitrogen and oxygen atoms in total. The molecule has 1 aromatic carbocycles. The second-order valence-electron chi connectivity index (χ2n) is 4.66. The fourth-order valence-corrected chi connectivity index (χ4v) is 2.50. The molecule has 1 aliphatic rings. The maximum absolute atomic E-state index is 9.44. The van der Waals surface area contributed by atoms with Gasteiger partial charge in [-0.2, -0.15) is 5.26 Å². The molecule has 0 amide bonds. The maximum Gasteiger partial charge on any atom is 0.147 e. The Morgan fingerprint density at radius 3 is 2.74 bits per heavy atom. The van der Waals surface area contributed by atoms with Gasteiger partial charge in [-0.25, -0.2) is 4.98 Å². The predicted molar refractivity (Wildman–Crippen MR) is 74.2 cm³/mol. The smallest absolute Gasteiger partial charge is 0.147 e. The second kappa shape index (κ2) is 4.87. The quantitative estimate of drug-likeness (QED) is 0.782. The molecule has 19 heavy (non-hydrogen) atoms. The van der Waals surface area contributed by atoms with Crippen molar-refractivity contribution in [1.82, 2.24) is 4.98 Å². The predicted octanol–water partition coefficient (Wildman–Crippen LogP) is 2.25. The van der Waals surface area contributed by atoms with Crippen LogP contribution in [0.2, 0.25) is 0 Å². The molecule has 2 heterocycles. The summed E-state index contributed by atoms with van der Waals surface area (Å²) in [4.78, 5) is 6.82. The summed E-state index contributed by atoms with van der Waals surface area (Å²) in [5, 5.41) is 10.5. The highest BCUT2D eigenvalue weighted by Crippen LogP contribution is 2.28. The molecule has 0 spiro atoms. The van der Waals surface area contributed by atoms with Crippen LogP contribution >= 0.6 is 0 Å². The summed E-state index contributed by atoms with van der Waals surface area (Å²) in [5.74, 6) is 0.794. The van der Waals surface area contributed by atoms with Gasteiger partial charge in [0.15, 0.2) is 0 Å². The third-order valence-corrected chi connectivity index (χ3v) is 3.56. The molecule has 0 saturated carbocycles. The lowest BCUT2D eigenvalue weighted by molar-refractivity contribution is 0.122. The lowest BCUT2D eigenvalue weighted by Crippen LogP contribution is -2.37. The first-order valence-corrected chi connectivity index (χ1v) is 6.43. The molecule has 2 aromatic rings. The van der Waals surface area contributed by atoms with Crippen molar-refractivity contribution in [1.29, 1.82) is 5.26 Å². The molecule has 0 radical (unpaired) electrons. The fourth-order valence-electron chi connectivity index (χ4n) is 2.50. The largest absolute Gasteiger partial charge is 0.378 e. The molecule has 96 valence electrons. The van der Waals surface area contributed by atoms with Crippen LogP contribution < -0.4 is 4.90 Å². The van der Waals surface area contributed by atoms with Gasteiger partial charge >= 0.3 is 0 Å². The summed E-state index contributed by atoms with van der Waals surface area (Å²) in [5.41, 5.74) is 2.63. The molecule has 1 aromatic heterocycles. The number of aryl methyl sites for hydroxylation is 1. The van der Waals surface area contributed by atoms with Crippen LogP contribution in [0.3, 0.4) is 0 Å². The second-order valence-corrected chi connectivity index (χ2v) is 4.66. The SMILES string of the molecule is Cc1c(C#N)c(N2CCOCC2)nc2ccccc12. The number of fused-ring (bicyclic) bond motifs is 1. The van der Waals surface area contributed by atoms with Gasteiger partial charge in [-0.1, -0.05) is 18.2 Å². The Morgan fingerprint density at radius 1 is 1.26 bits per heavy atom. The molecule has 1 saturated heterocycles. The lowest BCUT2D eigenvalue weighted by atomic mass is 10.0. The maximum atomic E-state index is 9.44. The highest BCUT2D eigenvalue weighted by Gasteiger charge is 2.19. The van der Waals surface area contributed by atoms with Gasteiger partial charge in [0.1, 0.15) is 11.9 Å². The van der Waals surface area contributed by atoms with Gasteiger partial charge < -0.3 is 9.64 Å². The molecule has 3 rings (SSSR count). The van der Waals surface area contributed by atoms with Crippen LogP contribution in [-0.4, -0.2) is 31.3 Å². The van der Waals surface area contributed by atoms with E-state index < -0.39 is 0 Å². The molecule has 0 N–H and O–H groups in total. The topological polar surface area (TPSA) is 49.2 Å². The first-order chi connectivity index (χ1) is 9.31. The highest BCUT2D eigenvalue weighted by molar-refractivity contribution is 5.87. The first kappa shape index (κ1) is 11.9. The van der Waals surface area contributed by atoms with E-state index in [9.17, 15) is 5.26 Å². The molecule has 0 aliphatic carbocycles. The monoisotopic (exact) mass is 253 g/mol. The summed E-state index contributed by atoms with van der Waals surface area (Å²) in [6.45, 7) is 4.96. The zero-order chi connectivity index (χ0) is 13.2. The summed E-state index contributed by atoms with van der Waals surface area (Å²) in [6.07, 6.45) is 0. The molecule has 0 unspecified atom stereocenters. The van der Waals surface area contributed by atoms with Gasteiger partial charge in [-0.3, -0.25) is 0 Å². The summed E-state index contributed by atoms with van der Waals surface area (Å²) in [7, 11) is 0. The third-order valence-electron chi connectivity index (χ3n) is 3.56. The zero-order valence-corrected chi connectivity index (χ0v) is 10.9. The molecule has 1 fully saturated rings. The number of rotatable bonds is 1. The van der Waals surface area contributed by atoms with Crippen molar-refractivity contribution >= 4 is 16.7 Å². The number of aromatic nitrogens is 1. The number of benzene rings is 1. The number of ether oxygens (including phenoxy) is 1. The Morgan fingerprint density at radius 2 is 2.00 bits per heavy atom. The fraction of sp³-hybridized carbons (Fsp3) is 0.333. The van der Waals surface area contributed by atoms with Gasteiger partial charge in [-0.05, 0) is 18.6 Å². The van der Waals surface area contributed by atoms with Crippen molar-refractivity contribution in [2.75, 3.05) is 31.2 Å². The number of nitrogens with zero attached hydrogens (tertiary/aromatic N) is 3. The highest BCUT2D eigenvalue weighted by atomic mass is 16.5. The van der Waals surface area contributed by atoms with Gasteiger partial charge in [0.05, 0.1) is 24.3 Å². The minimum Gasteiger partial charge on any atom is -0.378 e. The third kappa shape index (κ3) is 2.02. The van der Waals surface area contributed by atoms with Crippen molar-refractivity contribution < 1.29 is 4.74 Å². The lowest BCUT2D eigenvalue weighted by Gasteiger charge is -2.29. The van der Waals surface area contributed by atoms with Crippen LogP contribution in [0.15, 0.2) is 24.3 Å². The van der Waals surface area contributed by atoms with Gasteiger partial charge in [-0.15, -0.1) is 0 Å². The van der Waals surface area contributed by atoms with Crippen LogP contribution in [0, 0.1) is 18.3 Å². The van der Waals surface area contributed by atoms with E-state index in [0.29, 0.717) is 18.8 Å². The van der Waals surface area contributed by atoms with Gasteiger partial charge in [0, 0.05) is 18.5 Å². The Hall–Kier alpha value is -2.12. The van der Waals surface area contributed by atoms with E-state index in [4.69, 9.17) is 4.74 Å². The van der Waals surface area contributed by atoms with Crippen LogP contribution in [0.4, 0.5) is 5.82 Å². The van der Waals surface area contributed by atoms with Crippen LogP contribution in [0.5, 0.6) is 0 Å². The van der Waals surface area contributed by atoms with Crippen LogP contribution in [0.25, 0.3) is 10.9 Å². The Labute approximate surface area is 112 Å². The van der Waals surface area contributed by atoms with E-state index in [0.717, 1.165) is 35.4 Å². The molecule has 1 aliphatic heterocycles. The summed E-state index contributed by atoms with van der Waals surface area (Å²) >= 11 is 0. The van der Waals surface area contributed by atoms with E-state index in [1.165, 1.54) is 0 Å². The number of morpholine rings is 1. The zero-order valence-electron chi connectivity index (χ0n) is 10.9. The van der Waals surface area contributed by atoms with E-state index in [1.807, 2.05) is 31.2 Å². The average molecular weight is 253 g/mol. The van der Waals surface area contributed by atoms with Crippen molar-refractivity contribution in [2.45, 2.75) is 6.92 Å². The summed E-state index contributed by atoms with van der Waals surface area (Å²) < 4.78 is 5.36. The normalized spacial score (nSPS) is 15.5. The average Bonchev–Trinajstić information content (AvgIpc) is 2.48. The van der Waals surface area contributed by atoms with Crippen LogP contribution in [0.1, 0.15) is 11.1 Å². The number of para-hydroxylation sites is 1. The van der Waals surface area contributed by atoms with E-state index >= 15 is 0 Å². The Bertz CT molecular complexity index is 654. The van der Waals surface area contributed by atoms with E-state index in [1.54, 1.807) is 0 Å². The van der Waals surface area contributed by atoms with Gasteiger partial charge in [0.25, 0.3) is 0 Å². The number of nitriles is 1. The minimum atomic E-state index is 0.681. The molecular formula is C15H15N3O.